The number of carbonyl (C=O) groups excluding carboxylic acids is 1. The van der Waals surface area contributed by atoms with Gasteiger partial charge in [-0.3, -0.25) is 4.79 Å². The van der Waals surface area contributed by atoms with Crippen LogP contribution in [-0.4, -0.2) is 57.6 Å². The molecule has 0 spiro atoms. The Kier molecular flexibility index (Phi) is 3.45. The zero-order chi connectivity index (χ0) is 16.0. The minimum absolute atomic E-state index is 0.0585. The van der Waals surface area contributed by atoms with Gasteiger partial charge in [-0.1, -0.05) is 5.16 Å². The van der Waals surface area contributed by atoms with Gasteiger partial charge in [-0.2, -0.15) is 0 Å². The van der Waals surface area contributed by atoms with Crippen molar-refractivity contribution in [2.45, 2.75) is 31.3 Å². The maximum atomic E-state index is 12.8. The van der Waals surface area contributed by atoms with Crippen LogP contribution in [0.15, 0.2) is 23.1 Å². The Morgan fingerprint density at radius 1 is 1.43 bits per heavy atom. The molecule has 2 aliphatic rings. The summed E-state index contributed by atoms with van der Waals surface area (Å²) in [6.07, 6.45) is 5.96. The number of imidazole rings is 1. The molecule has 0 aromatic carbocycles. The van der Waals surface area contributed by atoms with Crippen LogP contribution in [-0.2, 0) is 6.54 Å². The van der Waals surface area contributed by atoms with E-state index in [2.05, 4.69) is 19.6 Å². The number of amides is 1. The summed E-state index contributed by atoms with van der Waals surface area (Å²) in [6, 6.07) is 2.02. The molecule has 1 aliphatic heterocycles. The fourth-order valence-corrected chi connectivity index (χ4v) is 3.22. The molecule has 0 saturated heterocycles. The Morgan fingerprint density at radius 3 is 3.00 bits per heavy atom. The van der Waals surface area contributed by atoms with E-state index in [4.69, 9.17) is 4.52 Å². The van der Waals surface area contributed by atoms with Crippen LogP contribution in [0.4, 0.5) is 0 Å². The van der Waals surface area contributed by atoms with Crippen molar-refractivity contribution in [1.82, 2.24) is 24.5 Å². The van der Waals surface area contributed by atoms with Crippen LogP contribution in [0.2, 0.25) is 0 Å². The third kappa shape index (κ3) is 2.76. The van der Waals surface area contributed by atoms with Crippen molar-refractivity contribution in [3.05, 3.63) is 35.7 Å². The van der Waals surface area contributed by atoms with Gasteiger partial charge >= 0.3 is 0 Å². The van der Waals surface area contributed by atoms with Gasteiger partial charge in [0, 0.05) is 31.3 Å². The molecular weight excluding hydrogens is 294 g/mol. The van der Waals surface area contributed by atoms with Crippen LogP contribution in [0.3, 0.4) is 0 Å². The second-order valence-corrected chi connectivity index (χ2v) is 6.78. The monoisotopic (exact) mass is 315 g/mol. The van der Waals surface area contributed by atoms with Gasteiger partial charge < -0.3 is 18.9 Å². The van der Waals surface area contributed by atoms with Gasteiger partial charge in [0.05, 0.1) is 24.6 Å². The van der Waals surface area contributed by atoms with Gasteiger partial charge in [-0.15, -0.1) is 0 Å². The van der Waals surface area contributed by atoms with E-state index in [-0.39, 0.29) is 11.9 Å². The number of hydrogen-bond acceptors (Lipinski definition) is 5. The van der Waals surface area contributed by atoms with Gasteiger partial charge in [0.1, 0.15) is 5.76 Å². The first-order valence-electron chi connectivity index (χ1n) is 8.03. The van der Waals surface area contributed by atoms with E-state index in [0.29, 0.717) is 24.7 Å². The van der Waals surface area contributed by atoms with Gasteiger partial charge in [-0.05, 0) is 26.9 Å². The van der Waals surface area contributed by atoms with Crippen LogP contribution in [0, 0.1) is 0 Å². The molecule has 23 heavy (non-hydrogen) atoms. The predicted molar refractivity (Wildman–Crippen MR) is 83.0 cm³/mol. The summed E-state index contributed by atoms with van der Waals surface area (Å²) in [7, 11) is 4.08. The number of nitrogens with zero attached hydrogens (tertiary/aromatic N) is 5. The zero-order valence-electron chi connectivity index (χ0n) is 13.5. The van der Waals surface area contributed by atoms with E-state index in [1.807, 2.05) is 37.6 Å². The molecule has 2 aromatic rings. The summed E-state index contributed by atoms with van der Waals surface area (Å²) in [4.78, 5) is 21.0. The van der Waals surface area contributed by atoms with Crippen LogP contribution >= 0.6 is 0 Å². The quantitative estimate of drug-likeness (QED) is 0.855. The van der Waals surface area contributed by atoms with Gasteiger partial charge in [-0.25, -0.2) is 4.98 Å². The van der Waals surface area contributed by atoms with Crippen molar-refractivity contribution in [3.63, 3.8) is 0 Å². The fourth-order valence-electron chi connectivity index (χ4n) is 3.22. The standard InChI is InChI=1S/C16H21N5O2/c1-19(2)7-13-9-20(8-12-6-17-10-21(12)13)16(22)14-5-15(23-18-14)11-3-4-11/h5-6,10-11,13H,3-4,7-9H2,1-2H3/t13-/m0/s1. The Hall–Kier alpha value is -2.15. The molecule has 2 aromatic heterocycles. The van der Waals surface area contributed by atoms with E-state index in [0.717, 1.165) is 30.8 Å². The smallest absolute Gasteiger partial charge is 0.276 e. The summed E-state index contributed by atoms with van der Waals surface area (Å²) in [6.45, 7) is 2.08. The minimum Gasteiger partial charge on any atom is -0.360 e. The molecule has 1 aliphatic carbocycles. The van der Waals surface area contributed by atoms with Crippen LogP contribution in [0.25, 0.3) is 0 Å². The molecule has 1 atom stereocenters. The van der Waals surface area contributed by atoms with E-state index in [1.165, 1.54) is 0 Å². The summed E-state index contributed by atoms with van der Waals surface area (Å²) >= 11 is 0. The third-order valence-corrected chi connectivity index (χ3v) is 4.51. The largest absolute Gasteiger partial charge is 0.360 e. The first-order valence-corrected chi connectivity index (χ1v) is 8.03. The van der Waals surface area contributed by atoms with Gasteiger partial charge in [0.25, 0.3) is 5.91 Å². The summed E-state index contributed by atoms with van der Waals surface area (Å²) in [5, 5.41) is 3.98. The molecule has 7 nitrogen and oxygen atoms in total. The Bertz CT molecular complexity index is 716. The van der Waals surface area contributed by atoms with Crippen molar-refractivity contribution in [2.75, 3.05) is 27.2 Å². The van der Waals surface area contributed by atoms with E-state index in [9.17, 15) is 4.79 Å². The molecule has 122 valence electrons. The minimum atomic E-state index is -0.0585. The molecule has 0 unspecified atom stereocenters. The zero-order valence-corrected chi connectivity index (χ0v) is 13.5. The maximum absolute atomic E-state index is 12.8. The molecular formula is C16H21N5O2. The van der Waals surface area contributed by atoms with Gasteiger partial charge in [0.15, 0.2) is 5.69 Å². The Balaban J connectivity index is 1.55. The molecule has 0 bridgehead atoms. The number of hydrogen-bond donors (Lipinski definition) is 0. The predicted octanol–water partition coefficient (Wildman–Crippen LogP) is 1.51. The molecule has 0 radical (unpaired) electrons. The number of carbonyl (C=O) groups is 1. The van der Waals surface area contributed by atoms with Crippen LogP contribution in [0.5, 0.6) is 0 Å². The van der Waals surface area contributed by atoms with Crippen LogP contribution in [0.1, 0.15) is 46.7 Å². The van der Waals surface area contributed by atoms with Crippen molar-refractivity contribution >= 4 is 5.91 Å². The normalized spacial score (nSPS) is 20.8. The molecule has 4 rings (SSSR count). The van der Waals surface area contributed by atoms with Crippen molar-refractivity contribution in [3.8, 4) is 0 Å². The van der Waals surface area contributed by atoms with E-state index >= 15 is 0 Å². The van der Waals surface area contributed by atoms with Gasteiger partial charge in [0.2, 0.25) is 0 Å². The summed E-state index contributed by atoms with van der Waals surface area (Å²) < 4.78 is 7.49. The average molecular weight is 315 g/mol. The highest BCUT2D eigenvalue weighted by atomic mass is 16.5. The fraction of sp³-hybridized carbons (Fsp3) is 0.562. The lowest BCUT2D eigenvalue weighted by molar-refractivity contribution is 0.0653. The maximum Gasteiger partial charge on any atom is 0.276 e. The SMILES string of the molecule is CN(C)C[C@H]1CN(C(=O)c2cc(C3CC3)on2)Cc2cncn21. The number of likely N-dealkylation sites (N-methyl/N-ethyl adjacent to an activating group) is 1. The molecule has 0 N–H and O–H groups in total. The summed E-state index contributed by atoms with van der Waals surface area (Å²) in [5.74, 6) is 1.26. The van der Waals surface area contributed by atoms with Crippen LogP contribution < -0.4 is 0 Å². The number of fused-ring (bicyclic) bond motifs is 1. The second-order valence-electron chi connectivity index (χ2n) is 6.78. The lowest BCUT2D eigenvalue weighted by Gasteiger charge is -2.35. The number of aromatic nitrogens is 3. The molecule has 3 heterocycles. The van der Waals surface area contributed by atoms with E-state index in [1.54, 1.807) is 0 Å². The first kappa shape index (κ1) is 14.4. The molecule has 1 saturated carbocycles. The second kappa shape index (κ2) is 5.49. The highest BCUT2D eigenvalue weighted by molar-refractivity contribution is 5.92. The third-order valence-electron chi connectivity index (χ3n) is 4.51. The summed E-state index contributed by atoms with van der Waals surface area (Å²) in [5.41, 5.74) is 1.48. The Labute approximate surface area is 134 Å². The van der Waals surface area contributed by atoms with Crippen molar-refractivity contribution in [1.29, 1.82) is 0 Å². The highest BCUT2D eigenvalue weighted by Gasteiger charge is 2.32. The topological polar surface area (TPSA) is 67.4 Å². The average Bonchev–Trinajstić information content (AvgIpc) is 3.07. The van der Waals surface area contributed by atoms with E-state index < -0.39 is 0 Å². The lowest BCUT2D eigenvalue weighted by Crippen LogP contribution is -2.43. The van der Waals surface area contributed by atoms with Crippen molar-refractivity contribution < 1.29 is 9.32 Å². The lowest BCUT2D eigenvalue weighted by atomic mass is 10.1. The molecule has 7 heteroatoms. The highest BCUT2D eigenvalue weighted by Crippen LogP contribution is 2.40. The van der Waals surface area contributed by atoms with Crippen molar-refractivity contribution in [2.24, 2.45) is 0 Å². The first-order chi connectivity index (χ1) is 11.1. The number of rotatable bonds is 4. The molecule has 1 amide bonds. The Morgan fingerprint density at radius 2 is 2.26 bits per heavy atom. The molecule has 1 fully saturated rings.